The Bertz CT molecular complexity index is 1060. The lowest BCUT2D eigenvalue weighted by Crippen LogP contribution is -2.42. The number of rotatable bonds is 5. The number of ether oxygens (including phenoxy) is 1. The van der Waals surface area contributed by atoms with Crippen molar-refractivity contribution in [2.24, 2.45) is 11.8 Å². The fraction of sp³-hybridized carbons (Fsp3) is 0.480. The summed E-state index contributed by atoms with van der Waals surface area (Å²) in [5.41, 5.74) is 1.49. The normalized spacial score (nSPS) is 24.5. The fourth-order valence-corrected chi connectivity index (χ4v) is 6.81. The zero-order chi connectivity index (χ0) is 22.9. The van der Waals surface area contributed by atoms with Gasteiger partial charge in [0.25, 0.3) is 5.91 Å². The maximum absolute atomic E-state index is 13.4. The third-order valence-corrected chi connectivity index (χ3v) is 8.40. The zero-order valence-corrected chi connectivity index (χ0v) is 19.8. The van der Waals surface area contributed by atoms with Crippen molar-refractivity contribution >= 4 is 15.9 Å². The van der Waals surface area contributed by atoms with E-state index in [0.29, 0.717) is 37.0 Å². The number of hydrogen-bond donors (Lipinski definition) is 0. The third kappa shape index (κ3) is 4.55. The van der Waals surface area contributed by atoms with Crippen LogP contribution in [-0.4, -0.2) is 50.3 Å². The highest BCUT2D eigenvalue weighted by molar-refractivity contribution is 7.89. The van der Waals surface area contributed by atoms with Gasteiger partial charge in [-0.15, -0.1) is 0 Å². The number of hydrogen-bond acceptors (Lipinski definition) is 4. The summed E-state index contributed by atoms with van der Waals surface area (Å²) in [6, 6.07) is 14.3. The second kappa shape index (κ2) is 9.24. The number of amides is 1. The number of piperidine rings is 1. The summed E-state index contributed by atoms with van der Waals surface area (Å²) in [6.45, 7) is 5.89. The van der Waals surface area contributed by atoms with Crippen LogP contribution in [0.25, 0.3) is 0 Å². The molecule has 0 aromatic heterocycles. The maximum atomic E-state index is 13.4. The zero-order valence-electron chi connectivity index (χ0n) is 19.0. The summed E-state index contributed by atoms with van der Waals surface area (Å²) in [7, 11) is -2.00. The molecule has 6 nitrogen and oxygen atoms in total. The Morgan fingerprint density at radius 1 is 1.03 bits per heavy atom. The quantitative estimate of drug-likeness (QED) is 0.671. The van der Waals surface area contributed by atoms with Gasteiger partial charge in [0.15, 0.2) is 0 Å². The molecule has 2 aromatic rings. The standard InChI is InChI=1S/C25H32N2O4S/c1-18-14-19(2)17-26(16-18)32(29,30)23-7-4-6-21(15-23)25(28)27-13-5-8-24(27)20-9-11-22(31-3)12-10-20/h4,6-7,9-12,15,18-19,24H,5,8,13-14,16-17H2,1-3H3. The molecule has 4 rings (SSSR count). The molecule has 2 fully saturated rings. The molecule has 2 saturated heterocycles. The van der Waals surface area contributed by atoms with E-state index >= 15 is 0 Å². The minimum Gasteiger partial charge on any atom is -0.497 e. The molecule has 0 aliphatic carbocycles. The van der Waals surface area contributed by atoms with Crippen LogP contribution in [0.4, 0.5) is 0 Å². The molecule has 2 aliphatic rings. The molecule has 0 radical (unpaired) electrons. The number of methoxy groups -OCH3 is 1. The molecule has 0 N–H and O–H groups in total. The lowest BCUT2D eigenvalue weighted by atomic mass is 9.94. The smallest absolute Gasteiger partial charge is 0.254 e. The Morgan fingerprint density at radius 3 is 2.38 bits per heavy atom. The minimum atomic E-state index is -3.63. The van der Waals surface area contributed by atoms with Crippen LogP contribution < -0.4 is 4.74 Å². The fourth-order valence-electron chi connectivity index (χ4n) is 5.09. The van der Waals surface area contributed by atoms with Crippen LogP contribution in [0.5, 0.6) is 5.75 Å². The van der Waals surface area contributed by atoms with Gasteiger partial charge in [-0.05, 0) is 67.0 Å². The molecule has 172 valence electrons. The summed E-state index contributed by atoms with van der Waals surface area (Å²) in [5, 5.41) is 0. The van der Waals surface area contributed by atoms with Crippen LogP contribution >= 0.6 is 0 Å². The molecule has 3 unspecified atom stereocenters. The predicted octanol–water partition coefficient (Wildman–Crippen LogP) is 4.34. The Hall–Kier alpha value is -2.38. The third-order valence-electron chi connectivity index (χ3n) is 6.57. The van der Waals surface area contributed by atoms with Gasteiger partial charge in [0, 0.05) is 25.2 Å². The summed E-state index contributed by atoms with van der Waals surface area (Å²) in [4.78, 5) is 15.5. The van der Waals surface area contributed by atoms with Gasteiger partial charge in [0.1, 0.15) is 5.75 Å². The van der Waals surface area contributed by atoms with Gasteiger partial charge in [-0.2, -0.15) is 4.31 Å². The van der Waals surface area contributed by atoms with E-state index in [9.17, 15) is 13.2 Å². The number of nitrogens with zero attached hydrogens (tertiary/aromatic N) is 2. The number of carbonyl (C=O) groups excluding carboxylic acids is 1. The number of sulfonamides is 1. The Kier molecular flexibility index (Phi) is 6.58. The molecule has 1 amide bonds. The first-order valence-corrected chi connectivity index (χ1v) is 12.8. The lowest BCUT2D eigenvalue weighted by molar-refractivity contribution is 0.0735. The van der Waals surface area contributed by atoms with E-state index < -0.39 is 10.0 Å². The monoisotopic (exact) mass is 456 g/mol. The summed E-state index contributed by atoms with van der Waals surface area (Å²) >= 11 is 0. The van der Waals surface area contributed by atoms with Gasteiger partial charge in [0.2, 0.25) is 10.0 Å². The van der Waals surface area contributed by atoms with Crippen molar-refractivity contribution in [3.05, 3.63) is 59.7 Å². The highest BCUT2D eigenvalue weighted by Crippen LogP contribution is 2.34. The molecule has 0 saturated carbocycles. The summed E-state index contributed by atoms with van der Waals surface area (Å²) in [5.74, 6) is 1.31. The average molecular weight is 457 g/mol. The highest BCUT2D eigenvalue weighted by Gasteiger charge is 2.34. The summed E-state index contributed by atoms with van der Waals surface area (Å²) < 4.78 is 33.4. The first-order chi connectivity index (χ1) is 15.3. The SMILES string of the molecule is COc1ccc(C2CCCN2C(=O)c2cccc(S(=O)(=O)N3CC(C)CC(C)C3)c2)cc1. The second-order valence-electron chi connectivity index (χ2n) is 9.23. The predicted molar refractivity (Wildman–Crippen MR) is 124 cm³/mol. The van der Waals surface area contributed by atoms with Gasteiger partial charge in [-0.1, -0.05) is 32.0 Å². The molecule has 0 spiro atoms. The largest absolute Gasteiger partial charge is 0.497 e. The van der Waals surface area contributed by atoms with Crippen molar-refractivity contribution in [3.8, 4) is 5.75 Å². The molecule has 0 bridgehead atoms. The van der Waals surface area contributed by atoms with Gasteiger partial charge in [-0.3, -0.25) is 4.79 Å². The minimum absolute atomic E-state index is 0.0162. The molecule has 2 aliphatic heterocycles. The van der Waals surface area contributed by atoms with Gasteiger partial charge < -0.3 is 9.64 Å². The molecular formula is C25H32N2O4S. The van der Waals surface area contributed by atoms with Crippen LogP contribution in [0.15, 0.2) is 53.4 Å². The molecule has 7 heteroatoms. The molecule has 32 heavy (non-hydrogen) atoms. The van der Waals surface area contributed by atoms with E-state index in [1.165, 1.54) is 0 Å². The maximum Gasteiger partial charge on any atom is 0.254 e. The Balaban J connectivity index is 1.57. The van der Waals surface area contributed by atoms with Crippen LogP contribution in [0.2, 0.25) is 0 Å². The first kappa shape index (κ1) is 22.8. The van der Waals surface area contributed by atoms with Crippen molar-refractivity contribution in [2.45, 2.75) is 44.0 Å². The van der Waals surface area contributed by atoms with E-state index in [-0.39, 0.29) is 16.8 Å². The van der Waals surface area contributed by atoms with Crippen molar-refractivity contribution in [3.63, 3.8) is 0 Å². The van der Waals surface area contributed by atoms with Crippen LogP contribution in [0, 0.1) is 11.8 Å². The van der Waals surface area contributed by atoms with Crippen molar-refractivity contribution in [2.75, 3.05) is 26.7 Å². The van der Waals surface area contributed by atoms with E-state index in [2.05, 4.69) is 13.8 Å². The van der Waals surface area contributed by atoms with Crippen molar-refractivity contribution in [1.82, 2.24) is 9.21 Å². The Morgan fingerprint density at radius 2 is 1.72 bits per heavy atom. The highest BCUT2D eigenvalue weighted by atomic mass is 32.2. The van der Waals surface area contributed by atoms with Crippen LogP contribution in [0.3, 0.4) is 0 Å². The average Bonchev–Trinajstić information content (AvgIpc) is 3.28. The van der Waals surface area contributed by atoms with E-state index in [1.54, 1.807) is 35.7 Å². The van der Waals surface area contributed by atoms with Crippen LogP contribution in [-0.2, 0) is 10.0 Å². The van der Waals surface area contributed by atoms with Gasteiger partial charge >= 0.3 is 0 Å². The number of carbonyl (C=O) groups is 1. The number of likely N-dealkylation sites (tertiary alicyclic amines) is 1. The van der Waals surface area contributed by atoms with Gasteiger partial charge in [0.05, 0.1) is 18.0 Å². The summed E-state index contributed by atoms with van der Waals surface area (Å²) in [6.07, 6.45) is 2.84. The van der Waals surface area contributed by atoms with Gasteiger partial charge in [-0.25, -0.2) is 8.42 Å². The van der Waals surface area contributed by atoms with Crippen molar-refractivity contribution in [1.29, 1.82) is 0 Å². The van der Waals surface area contributed by atoms with E-state index in [4.69, 9.17) is 4.74 Å². The second-order valence-corrected chi connectivity index (χ2v) is 11.2. The Labute approximate surface area is 191 Å². The first-order valence-electron chi connectivity index (χ1n) is 11.3. The van der Waals surface area contributed by atoms with E-state index in [1.807, 2.05) is 29.2 Å². The molecule has 2 heterocycles. The molecule has 3 atom stereocenters. The lowest BCUT2D eigenvalue weighted by Gasteiger charge is -2.34. The molecule has 2 aromatic carbocycles. The number of benzene rings is 2. The topological polar surface area (TPSA) is 66.9 Å². The van der Waals surface area contributed by atoms with E-state index in [0.717, 1.165) is 30.6 Å². The molecular weight excluding hydrogens is 424 g/mol. The van der Waals surface area contributed by atoms with Crippen LogP contribution in [0.1, 0.15) is 55.1 Å². The van der Waals surface area contributed by atoms with Crippen molar-refractivity contribution < 1.29 is 17.9 Å².